The van der Waals surface area contributed by atoms with Crippen LogP contribution in [0.2, 0.25) is 0 Å². The molecule has 3 fully saturated rings. The van der Waals surface area contributed by atoms with E-state index in [0.717, 1.165) is 44.3 Å². The summed E-state index contributed by atoms with van der Waals surface area (Å²) in [5.41, 5.74) is 1.73. The second kappa shape index (κ2) is 31.2. The predicted molar refractivity (Wildman–Crippen MR) is 192 cm³/mol. The Morgan fingerprint density at radius 1 is 1.04 bits per heavy atom. The molecule has 1 aliphatic carbocycles. The van der Waals surface area contributed by atoms with Gasteiger partial charge in [0.2, 0.25) is 18.7 Å². The van der Waals surface area contributed by atoms with Gasteiger partial charge in [-0.3, -0.25) is 19.2 Å². The van der Waals surface area contributed by atoms with Crippen molar-refractivity contribution in [1.29, 1.82) is 0 Å². The Labute approximate surface area is 284 Å². The molecule has 2 saturated heterocycles. The Morgan fingerprint density at radius 3 is 2.19 bits per heavy atom. The number of hydrogen-bond acceptors (Lipinski definition) is 7. The van der Waals surface area contributed by atoms with Crippen LogP contribution in [-0.4, -0.2) is 106 Å². The van der Waals surface area contributed by atoms with Crippen molar-refractivity contribution >= 4 is 30.3 Å². The molecule has 0 bridgehead atoms. The van der Waals surface area contributed by atoms with Crippen molar-refractivity contribution in [3.63, 3.8) is 0 Å². The zero-order valence-corrected chi connectivity index (χ0v) is 30.4. The van der Waals surface area contributed by atoms with E-state index in [1.54, 1.807) is 14.1 Å². The van der Waals surface area contributed by atoms with Crippen molar-refractivity contribution in [3.05, 3.63) is 42.0 Å². The van der Waals surface area contributed by atoms with E-state index in [0.29, 0.717) is 44.7 Å². The average Bonchev–Trinajstić information content (AvgIpc) is 3.79. The number of hydrogen-bond donors (Lipinski definition) is 4. The van der Waals surface area contributed by atoms with Crippen molar-refractivity contribution in [2.45, 2.75) is 85.6 Å². The summed E-state index contributed by atoms with van der Waals surface area (Å²) >= 11 is 0. The molecule has 270 valence electrons. The largest absolute Gasteiger partial charge is 0.400 e. The zero-order valence-electron chi connectivity index (χ0n) is 30.4. The van der Waals surface area contributed by atoms with Gasteiger partial charge in [0.25, 0.3) is 5.91 Å². The molecule has 1 aromatic rings. The summed E-state index contributed by atoms with van der Waals surface area (Å²) < 4.78 is 5.24. The summed E-state index contributed by atoms with van der Waals surface area (Å²) in [5.74, 6) is 1.08. The molecule has 4 N–H and O–H groups in total. The molecular formula is C36H65N5O6. The highest BCUT2D eigenvalue weighted by Gasteiger charge is 2.40. The van der Waals surface area contributed by atoms with E-state index in [-0.39, 0.29) is 17.7 Å². The lowest BCUT2D eigenvalue weighted by Crippen LogP contribution is -2.40. The number of unbranched alkanes of at least 4 members (excludes halogenated alkanes) is 3. The third kappa shape index (κ3) is 21.1. The fourth-order valence-corrected chi connectivity index (χ4v) is 4.72. The highest BCUT2D eigenvalue weighted by atomic mass is 16.5. The van der Waals surface area contributed by atoms with Gasteiger partial charge >= 0.3 is 0 Å². The lowest BCUT2D eigenvalue weighted by Gasteiger charge is -2.27. The third-order valence-electron chi connectivity index (χ3n) is 7.43. The number of rotatable bonds is 11. The summed E-state index contributed by atoms with van der Waals surface area (Å²) in [5, 5.41) is 15.2. The molecule has 1 aromatic carbocycles. The molecular weight excluding hydrogens is 598 g/mol. The van der Waals surface area contributed by atoms with Crippen LogP contribution in [0.1, 0.15) is 89.9 Å². The fraction of sp³-hybridized carbons (Fsp3) is 0.667. The second-order valence-corrected chi connectivity index (χ2v) is 10.8. The fourth-order valence-electron chi connectivity index (χ4n) is 4.72. The van der Waals surface area contributed by atoms with Gasteiger partial charge in [-0.05, 0) is 70.1 Å². The van der Waals surface area contributed by atoms with Gasteiger partial charge in [0.1, 0.15) is 0 Å². The van der Waals surface area contributed by atoms with Gasteiger partial charge in [-0.15, -0.1) is 0 Å². The SMILES string of the molecule is CC.CC1CCCN1C=O.CCCCC/C=C\C1CC1C(=O)NC.CCNc1cccc(C(=O)N2CCOCC2)c1.CNC=O.CO. The Bertz CT molecular complexity index is 971. The van der Waals surface area contributed by atoms with Crippen LogP contribution in [0.25, 0.3) is 0 Å². The van der Waals surface area contributed by atoms with Crippen molar-refractivity contribution in [2.24, 2.45) is 11.8 Å². The molecule has 47 heavy (non-hydrogen) atoms. The van der Waals surface area contributed by atoms with Crippen molar-refractivity contribution in [2.75, 3.05) is 65.9 Å². The first kappa shape index (κ1) is 45.7. The predicted octanol–water partition coefficient (Wildman–Crippen LogP) is 4.72. The van der Waals surface area contributed by atoms with E-state index in [1.807, 2.05) is 54.8 Å². The molecule has 0 spiro atoms. The van der Waals surface area contributed by atoms with Crippen LogP contribution in [0.15, 0.2) is 36.4 Å². The first-order valence-corrected chi connectivity index (χ1v) is 17.2. The number of anilines is 1. The number of morpholine rings is 1. The number of likely N-dealkylation sites (tertiary alicyclic amines) is 1. The van der Waals surface area contributed by atoms with Gasteiger partial charge in [0.15, 0.2) is 0 Å². The molecule has 3 aliphatic rings. The molecule has 0 radical (unpaired) electrons. The van der Waals surface area contributed by atoms with Crippen LogP contribution in [-0.2, 0) is 19.1 Å². The van der Waals surface area contributed by atoms with Gasteiger partial charge < -0.3 is 35.6 Å². The minimum Gasteiger partial charge on any atom is -0.400 e. The van der Waals surface area contributed by atoms with E-state index in [1.165, 1.54) is 38.5 Å². The van der Waals surface area contributed by atoms with Crippen molar-refractivity contribution < 1.29 is 29.0 Å². The summed E-state index contributed by atoms with van der Waals surface area (Å²) in [7, 11) is 4.27. The molecule has 2 aliphatic heterocycles. The van der Waals surface area contributed by atoms with Crippen LogP contribution in [0, 0.1) is 11.8 Å². The van der Waals surface area contributed by atoms with Crippen LogP contribution < -0.4 is 16.0 Å². The smallest absolute Gasteiger partial charge is 0.254 e. The van der Waals surface area contributed by atoms with Gasteiger partial charge in [-0.2, -0.15) is 0 Å². The van der Waals surface area contributed by atoms with Crippen LogP contribution in [0.4, 0.5) is 5.69 Å². The maximum atomic E-state index is 12.2. The molecule has 2 heterocycles. The lowest BCUT2D eigenvalue weighted by molar-refractivity contribution is -0.122. The van der Waals surface area contributed by atoms with Gasteiger partial charge in [-0.25, -0.2) is 0 Å². The lowest BCUT2D eigenvalue weighted by atomic mass is 10.1. The standard InChI is InChI=1S/C13H18N2O2.C12H21NO.C6H11NO.C2H5NO.C2H6.CH4O/c1-2-14-12-5-3-4-11(10-12)13(16)15-6-8-17-9-7-15;1-3-4-5-6-7-8-10-9-11(10)12(14)13-2;1-6-3-2-4-7(6)5-8;1-3-2-4;2*1-2/h3-5,10,14H,2,6-9H2,1H3;7-8,10-11H,3-6,9H2,1-2H3,(H,13,14);5-6H,2-4H2,1H3;2H,1H3,(H,3,4);1-2H3;2H,1H3/b;8-7-;;;;. The van der Waals surface area contributed by atoms with E-state index in [9.17, 15) is 14.4 Å². The topological polar surface area (TPSA) is 140 Å². The van der Waals surface area contributed by atoms with E-state index < -0.39 is 0 Å². The van der Waals surface area contributed by atoms with Crippen LogP contribution in [0.3, 0.4) is 0 Å². The molecule has 4 rings (SSSR count). The van der Waals surface area contributed by atoms with Gasteiger partial charge in [0, 0.05) is 70.6 Å². The number of ether oxygens (including phenoxy) is 1. The molecule has 4 amide bonds. The number of nitrogens with zero attached hydrogens (tertiary/aromatic N) is 2. The highest BCUT2D eigenvalue weighted by molar-refractivity contribution is 5.95. The van der Waals surface area contributed by atoms with Crippen molar-refractivity contribution in [1.82, 2.24) is 20.4 Å². The summed E-state index contributed by atoms with van der Waals surface area (Å²) in [4.78, 5) is 46.3. The monoisotopic (exact) mass is 663 g/mol. The first-order chi connectivity index (χ1) is 22.9. The maximum absolute atomic E-state index is 12.2. The number of benzene rings is 1. The maximum Gasteiger partial charge on any atom is 0.254 e. The first-order valence-electron chi connectivity index (χ1n) is 17.2. The molecule has 11 nitrogen and oxygen atoms in total. The Kier molecular flexibility index (Phi) is 30.3. The molecule has 1 saturated carbocycles. The van der Waals surface area contributed by atoms with Gasteiger partial charge in [-0.1, -0.05) is 51.8 Å². The number of amides is 4. The van der Waals surface area contributed by atoms with Gasteiger partial charge in [0.05, 0.1) is 13.2 Å². The number of allylic oxidation sites excluding steroid dienone is 2. The van der Waals surface area contributed by atoms with Crippen LogP contribution >= 0.6 is 0 Å². The van der Waals surface area contributed by atoms with Crippen LogP contribution in [0.5, 0.6) is 0 Å². The molecule has 0 aromatic heterocycles. The van der Waals surface area contributed by atoms with E-state index in [4.69, 9.17) is 14.6 Å². The zero-order chi connectivity index (χ0) is 35.9. The second-order valence-electron chi connectivity index (χ2n) is 10.8. The van der Waals surface area contributed by atoms with E-state index >= 15 is 0 Å². The molecule has 3 unspecified atom stereocenters. The Hall–Kier alpha value is -3.44. The summed E-state index contributed by atoms with van der Waals surface area (Å²) in [6.45, 7) is 14.8. The minimum atomic E-state index is 0.0908. The average molecular weight is 664 g/mol. The normalized spacial score (nSPS) is 18.8. The summed E-state index contributed by atoms with van der Waals surface area (Å²) in [6, 6.07) is 8.14. The Balaban J connectivity index is 0. The number of nitrogens with one attached hydrogen (secondary N) is 3. The number of aliphatic hydroxyl groups is 1. The minimum absolute atomic E-state index is 0.0908. The number of aliphatic hydroxyl groups excluding tert-OH is 1. The molecule has 11 heteroatoms. The third-order valence-corrected chi connectivity index (χ3v) is 7.43. The number of carbonyl (C=O) groups excluding carboxylic acids is 4. The number of carbonyl (C=O) groups is 4. The van der Waals surface area contributed by atoms with E-state index in [2.05, 4.69) is 41.9 Å². The summed E-state index contributed by atoms with van der Waals surface area (Å²) in [6.07, 6.45) is 14.5. The highest BCUT2D eigenvalue weighted by Crippen LogP contribution is 2.39. The quantitative estimate of drug-likeness (QED) is 0.153. The molecule has 3 atom stereocenters. The Morgan fingerprint density at radius 2 is 1.70 bits per heavy atom. The van der Waals surface area contributed by atoms with Crippen molar-refractivity contribution in [3.8, 4) is 0 Å².